The van der Waals surface area contributed by atoms with Crippen molar-refractivity contribution >= 4 is 5.78 Å². The molecule has 0 rings (SSSR count). The van der Waals surface area contributed by atoms with E-state index in [1.807, 2.05) is 6.42 Å². The highest BCUT2D eigenvalue weighted by atomic mass is 16.1. The van der Waals surface area contributed by atoms with Crippen molar-refractivity contribution in [1.29, 1.82) is 0 Å². The first kappa shape index (κ1) is 36.7. The fourth-order valence-electron chi connectivity index (χ4n) is 5.55. The van der Waals surface area contributed by atoms with Gasteiger partial charge in [-0.05, 0) is 12.8 Å². The van der Waals surface area contributed by atoms with Crippen molar-refractivity contribution in [3.63, 3.8) is 0 Å². The molecule has 0 bridgehead atoms. The second-order valence-electron chi connectivity index (χ2n) is 12.1. The van der Waals surface area contributed by atoms with Crippen LogP contribution in [0, 0.1) is 6.42 Å². The lowest BCUT2D eigenvalue weighted by atomic mass is 10.0. The molecule has 0 aliphatic carbocycles. The highest BCUT2D eigenvalue weighted by molar-refractivity contribution is 5.86. The Bertz CT molecular complexity index is 415. The molecule has 0 spiro atoms. The molecule has 37 heavy (non-hydrogen) atoms. The Morgan fingerprint density at radius 1 is 0.351 bits per heavy atom. The molecule has 0 saturated carbocycles. The minimum absolute atomic E-state index is 0.403. The molecular weight excluding hydrogens is 448 g/mol. The van der Waals surface area contributed by atoms with Crippen LogP contribution in [0.15, 0.2) is 0 Å². The van der Waals surface area contributed by atoms with Gasteiger partial charge in [0.2, 0.25) is 0 Å². The SMILES string of the molecule is CCCCCCCCCCCCCCCCC[CH]C(=O)CCCCCCCCCCCCCCCCC. The highest BCUT2D eigenvalue weighted by Crippen LogP contribution is 2.16. The Balaban J connectivity index is 3.14. The van der Waals surface area contributed by atoms with Crippen molar-refractivity contribution in [1.82, 2.24) is 0 Å². The number of rotatable bonds is 33. The van der Waals surface area contributed by atoms with Gasteiger partial charge in [-0.2, -0.15) is 0 Å². The standard InChI is InChI=1S/C36H71O/c1-3-5-7-9-11-13-15-17-19-21-23-25-27-29-31-33-35-36(37)34-32-30-28-26-24-22-20-18-16-14-12-10-8-6-4-2/h35H,3-34H2,1-2H3. The van der Waals surface area contributed by atoms with E-state index in [-0.39, 0.29) is 0 Å². The summed E-state index contributed by atoms with van der Waals surface area (Å²) < 4.78 is 0. The maximum atomic E-state index is 12.1. The number of hydrogen-bond acceptors (Lipinski definition) is 1. The van der Waals surface area contributed by atoms with Crippen LogP contribution in [0.25, 0.3) is 0 Å². The van der Waals surface area contributed by atoms with E-state index >= 15 is 0 Å². The third-order valence-electron chi connectivity index (χ3n) is 8.21. The quantitative estimate of drug-likeness (QED) is 0.0788. The summed E-state index contributed by atoms with van der Waals surface area (Å²) >= 11 is 0. The zero-order valence-electron chi connectivity index (χ0n) is 26.1. The minimum atomic E-state index is 0.403. The van der Waals surface area contributed by atoms with E-state index in [1.165, 1.54) is 186 Å². The molecule has 1 radical (unpaired) electrons. The first-order valence-electron chi connectivity index (χ1n) is 17.7. The van der Waals surface area contributed by atoms with Gasteiger partial charge in [0.1, 0.15) is 5.78 Å². The molecule has 0 aliphatic rings. The van der Waals surface area contributed by atoms with Gasteiger partial charge in [0.25, 0.3) is 0 Å². The van der Waals surface area contributed by atoms with Crippen LogP contribution in [-0.4, -0.2) is 5.78 Å². The summed E-state index contributed by atoms with van der Waals surface area (Å²) in [6.07, 6.45) is 45.6. The Morgan fingerprint density at radius 2 is 0.595 bits per heavy atom. The number of unbranched alkanes of at least 4 members (excludes halogenated alkanes) is 29. The van der Waals surface area contributed by atoms with E-state index in [0.29, 0.717) is 5.78 Å². The van der Waals surface area contributed by atoms with E-state index in [2.05, 4.69) is 13.8 Å². The van der Waals surface area contributed by atoms with Crippen molar-refractivity contribution in [2.24, 2.45) is 0 Å². The number of hydrogen-bond donors (Lipinski definition) is 0. The second kappa shape index (κ2) is 33.7. The molecule has 0 atom stereocenters. The lowest BCUT2D eigenvalue weighted by Crippen LogP contribution is -1.98. The van der Waals surface area contributed by atoms with E-state index in [4.69, 9.17) is 0 Å². The van der Waals surface area contributed by atoms with Gasteiger partial charge < -0.3 is 0 Å². The zero-order valence-corrected chi connectivity index (χ0v) is 26.1. The summed E-state index contributed by atoms with van der Waals surface area (Å²) in [6.45, 7) is 4.59. The Morgan fingerprint density at radius 3 is 0.892 bits per heavy atom. The van der Waals surface area contributed by atoms with Crippen LogP contribution in [0.3, 0.4) is 0 Å². The van der Waals surface area contributed by atoms with Crippen molar-refractivity contribution in [3.05, 3.63) is 6.42 Å². The monoisotopic (exact) mass is 520 g/mol. The van der Waals surface area contributed by atoms with Crippen molar-refractivity contribution in [3.8, 4) is 0 Å². The molecule has 0 aliphatic heterocycles. The summed E-state index contributed by atoms with van der Waals surface area (Å²) in [5.41, 5.74) is 0. The second-order valence-corrected chi connectivity index (χ2v) is 12.1. The maximum Gasteiger partial charge on any atom is 0.136 e. The third-order valence-corrected chi connectivity index (χ3v) is 8.21. The molecular formula is C36H71O. The third kappa shape index (κ3) is 33.6. The van der Waals surface area contributed by atoms with E-state index in [0.717, 1.165) is 19.3 Å². The number of Topliss-reactive ketones (excluding diaryl/α,β-unsaturated/α-hetero) is 1. The Kier molecular flexibility index (Phi) is 33.4. The summed E-state index contributed by atoms with van der Waals surface area (Å²) in [6, 6.07) is 0. The molecule has 0 aromatic rings. The van der Waals surface area contributed by atoms with Crippen LogP contribution < -0.4 is 0 Å². The lowest BCUT2D eigenvalue weighted by molar-refractivity contribution is -0.116. The van der Waals surface area contributed by atoms with E-state index in [9.17, 15) is 4.79 Å². The fraction of sp³-hybridized carbons (Fsp3) is 0.944. The van der Waals surface area contributed by atoms with Gasteiger partial charge in [0, 0.05) is 12.8 Å². The van der Waals surface area contributed by atoms with Crippen molar-refractivity contribution in [2.75, 3.05) is 0 Å². The largest absolute Gasteiger partial charge is 0.299 e. The van der Waals surface area contributed by atoms with Gasteiger partial charge in [0.15, 0.2) is 0 Å². The first-order chi connectivity index (χ1) is 18.3. The maximum absolute atomic E-state index is 12.1. The normalized spacial score (nSPS) is 11.4. The van der Waals surface area contributed by atoms with Crippen molar-refractivity contribution < 1.29 is 4.79 Å². The lowest BCUT2D eigenvalue weighted by Gasteiger charge is -2.04. The van der Waals surface area contributed by atoms with Crippen LogP contribution >= 0.6 is 0 Å². The van der Waals surface area contributed by atoms with Crippen LogP contribution in [0.4, 0.5) is 0 Å². The topological polar surface area (TPSA) is 17.1 Å². The summed E-state index contributed by atoms with van der Waals surface area (Å²) in [4.78, 5) is 12.1. The summed E-state index contributed by atoms with van der Waals surface area (Å²) in [5.74, 6) is 0.403. The van der Waals surface area contributed by atoms with E-state index in [1.54, 1.807) is 0 Å². The minimum Gasteiger partial charge on any atom is -0.299 e. The van der Waals surface area contributed by atoms with Crippen LogP contribution in [0.5, 0.6) is 0 Å². The molecule has 0 N–H and O–H groups in total. The summed E-state index contributed by atoms with van der Waals surface area (Å²) in [5, 5.41) is 0. The zero-order chi connectivity index (χ0) is 26.9. The van der Waals surface area contributed by atoms with Crippen LogP contribution in [-0.2, 0) is 4.79 Å². The molecule has 0 heterocycles. The van der Waals surface area contributed by atoms with Crippen LogP contribution in [0.1, 0.15) is 219 Å². The average molecular weight is 520 g/mol. The van der Waals surface area contributed by atoms with Gasteiger partial charge in [-0.3, -0.25) is 4.79 Å². The Hall–Kier alpha value is -0.330. The predicted octanol–water partition coefficient (Wildman–Crippen LogP) is 13.3. The molecule has 1 nitrogen and oxygen atoms in total. The van der Waals surface area contributed by atoms with E-state index < -0.39 is 0 Å². The molecule has 0 unspecified atom stereocenters. The molecule has 0 aromatic heterocycles. The predicted molar refractivity (Wildman–Crippen MR) is 168 cm³/mol. The fourth-order valence-corrected chi connectivity index (χ4v) is 5.55. The smallest absolute Gasteiger partial charge is 0.136 e. The van der Waals surface area contributed by atoms with Gasteiger partial charge in [0.05, 0.1) is 0 Å². The number of carbonyl (C=O) groups is 1. The van der Waals surface area contributed by atoms with Crippen LogP contribution in [0.2, 0.25) is 0 Å². The average Bonchev–Trinajstić information content (AvgIpc) is 2.90. The molecule has 221 valence electrons. The van der Waals surface area contributed by atoms with Gasteiger partial charge in [-0.1, -0.05) is 200 Å². The molecule has 0 aromatic carbocycles. The molecule has 1 heteroatoms. The molecule has 0 amide bonds. The van der Waals surface area contributed by atoms with Gasteiger partial charge in [-0.25, -0.2) is 0 Å². The highest BCUT2D eigenvalue weighted by Gasteiger charge is 2.03. The van der Waals surface area contributed by atoms with Crippen molar-refractivity contribution in [2.45, 2.75) is 219 Å². The number of carbonyl (C=O) groups excluding carboxylic acids is 1. The molecule has 0 saturated heterocycles. The molecule has 0 fully saturated rings. The number of ketones is 1. The first-order valence-corrected chi connectivity index (χ1v) is 17.7. The van der Waals surface area contributed by atoms with Gasteiger partial charge >= 0.3 is 0 Å². The Labute approximate surface area is 236 Å². The summed E-state index contributed by atoms with van der Waals surface area (Å²) in [7, 11) is 0. The van der Waals surface area contributed by atoms with Gasteiger partial charge in [-0.15, -0.1) is 0 Å².